The molecule has 8 heteroatoms. The molecular formula is C22H27FN2O4S. The van der Waals surface area contributed by atoms with Crippen molar-refractivity contribution < 1.29 is 22.3 Å². The number of carbonyl (C=O) groups is 1. The summed E-state index contributed by atoms with van der Waals surface area (Å²) in [6.07, 6.45) is 0.176. The van der Waals surface area contributed by atoms with Crippen LogP contribution in [0.4, 0.5) is 4.39 Å². The van der Waals surface area contributed by atoms with E-state index in [9.17, 15) is 17.6 Å². The van der Waals surface area contributed by atoms with Crippen molar-refractivity contribution in [2.45, 2.75) is 38.2 Å². The highest BCUT2D eigenvalue weighted by atomic mass is 32.2. The normalized spacial score (nSPS) is 15.4. The van der Waals surface area contributed by atoms with E-state index in [2.05, 4.69) is 0 Å². The van der Waals surface area contributed by atoms with Gasteiger partial charge < -0.3 is 9.64 Å². The largest absolute Gasteiger partial charge is 0.491 e. The summed E-state index contributed by atoms with van der Waals surface area (Å²) in [5, 5.41) is 0. The molecule has 30 heavy (non-hydrogen) atoms. The smallest absolute Gasteiger partial charge is 0.243 e. The number of sulfonamides is 1. The monoisotopic (exact) mass is 434 g/mol. The Balaban J connectivity index is 1.62. The first-order valence-corrected chi connectivity index (χ1v) is 11.4. The zero-order chi connectivity index (χ0) is 21.9. The second kappa shape index (κ2) is 9.14. The molecule has 0 radical (unpaired) electrons. The maximum Gasteiger partial charge on any atom is 0.243 e. The van der Waals surface area contributed by atoms with E-state index in [0.717, 1.165) is 11.1 Å². The number of ether oxygens (including phenoxy) is 1. The van der Waals surface area contributed by atoms with Crippen LogP contribution in [0.3, 0.4) is 0 Å². The number of hydrogen-bond acceptors (Lipinski definition) is 4. The first kappa shape index (κ1) is 22.2. The zero-order valence-corrected chi connectivity index (χ0v) is 18.3. The molecule has 0 spiro atoms. The van der Waals surface area contributed by atoms with Crippen molar-refractivity contribution in [2.75, 3.05) is 26.2 Å². The van der Waals surface area contributed by atoms with E-state index < -0.39 is 10.0 Å². The van der Waals surface area contributed by atoms with Crippen LogP contribution in [0.2, 0.25) is 0 Å². The van der Waals surface area contributed by atoms with E-state index in [4.69, 9.17) is 4.74 Å². The van der Waals surface area contributed by atoms with Gasteiger partial charge in [-0.15, -0.1) is 0 Å². The van der Waals surface area contributed by atoms with Crippen LogP contribution in [-0.4, -0.2) is 55.8 Å². The van der Waals surface area contributed by atoms with Gasteiger partial charge in [0.2, 0.25) is 15.9 Å². The number of piperazine rings is 1. The summed E-state index contributed by atoms with van der Waals surface area (Å²) in [6, 6.07) is 10.7. The highest BCUT2D eigenvalue weighted by molar-refractivity contribution is 7.89. The number of hydrogen-bond donors (Lipinski definition) is 0. The predicted octanol–water partition coefficient (Wildman–Crippen LogP) is 3.00. The van der Waals surface area contributed by atoms with Gasteiger partial charge in [-0.2, -0.15) is 4.31 Å². The lowest BCUT2D eigenvalue weighted by molar-refractivity contribution is -0.131. The van der Waals surface area contributed by atoms with Gasteiger partial charge in [0, 0.05) is 26.2 Å². The minimum absolute atomic E-state index is 0.00619. The summed E-state index contributed by atoms with van der Waals surface area (Å²) in [5.41, 5.74) is 1.49. The maximum absolute atomic E-state index is 13.0. The van der Waals surface area contributed by atoms with Crippen LogP contribution in [0.25, 0.3) is 0 Å². The molecule has 1 amide bonds. The topological polar surface area (TPSA) is 66.9 Å². The highest BCUT2D eigenvalue weighted by Gasteiger charge is 2.30. The molecule has 162 valence electrons. The Hall–Kier alpha value is -2.45. The van der Waals surface area contributed by atoms with Crippen LogP contribution in [-0.2, 0) is 21.2 Å². The summed E-state index contributed by atoms with van der Waals surface area (Å²) >= 11 is 0. The van der Waals surface area contributed by atoms with Crippen molar-refractivity contribution in [1.82, 2.24) is 9.21 Å². The number of benzene rings is 2. The van der Waals surface area contributed by atoms with E-state index in [1.165, 1.54) is 16.4 Å². The molecule has 0 bridgehead atoms. The first-order chi connectivity index (χ1) is 14.2. The maximum atomic E-state index is 13.0. The molecule has 3 rings (SSSR count). The van der Waals surface area contributed by atoms with Crippen molar-refractivity contribution in [3.05, 3.63) is 59.4 Å². The van der Waals surface area contributed by atoms with Crippen molar-refractivity contribution in [1.29, 1.82) is 0 Å². The average Bonchev–Trinajstić information content (AvgIpc) is 2.71. The van der Waals surface area contributed by atoms with E-state index in [-0.39, 0.29) is 42.2 Å². The molecule has 1 saturated heterocycles. The molecule has 2 aromatic rings. The average molecular weight is 435 g/mol. The predicted molar refractivity (Wildman–Crippen MR) is 112 cm³/mol. The second-order valence-corrected chi connectivity index (χ2v) is 9.62. The lowest BCUT2D eigenvalue weighted by Gasteiger charge is -2.34. The Labute approximate surface area is 177 Å². The van der Waals surface area contributed by atoms with E-state index >= 15 is 0 Å². The van der Waals surface area contributed by atoms with Gasteiger partial charge in [-0.25, -0.2) is 12.8 Å². The highest BCUT2D eigenvalue weighted by Crippen LogP contribution is 2.25. The lowest BCUT2D eigenvalue weighted by Crippen LogP contribution is -2.50. The van der Waals surface area contributed by atoms with Gasteiger partial charge in [0.25, 0.3) is 0 Å². The van der Waals surface area contributed by atoms with Crippen LogP contribution >= 0.6 is 0 Å². The van der Waals surface area contributed by atoms with Crippen LogP contribution < -0.4 is 4.74 Å². The fourth-order valence-corrected chi connectivity index (χ4v) is 4.89. The van der Waals surface area contributed by atoms with Gasteiger partial charge in [0.15, 0.2) is 0 Å². The number of halogens is 1. The Morgan fingerprint density at radius 2 is 1.70 bits per heavy atom. The molecule has 0 aliphatic carbocycles. The molecule has 6 nitrogen and oxygen atoms in total. The molecule has 0 N–H and O–H groups in total. The van der Waals surface area contributed by atoms with E-state index in [1.54, 1.807) is 35.2 Å². The number of rotatable bonds is 6. The third-order valence-electron chi connectivity index (χ3n) is 5.01. The molecule has 1 aliphatic heterocycles. The van der Waals surface area contributed by atoms with Gasteiger partial charge in [0.05, 0.1) is 17.4 Å². The summed E-state index contributed by atoms with van der Waals surface area (Å²) in [6.45, 7) is 6.78. The fraction of sp³-hybridized carbons (Fsp3) is 0.409. The molecule has 1 heterocycles. The van der Waals surface area contributed by atoms with Crippen molar-refractivity contribution >= 4 is 15.9 Å². The van der Waals surface area contributed by atoms with Crippen molar-refractivity contribution in [3.8, 4) is 5.75 Å². The van der Waals surface area contributed by atoms with Crippen LogP contribution in [0.1, 0.15) is 25.0 Å². The van der Waals surface area contributed by atoms with Gasteiger partial charge in [-0.3, -0.25) is 4.79 Å². The lowest BCUT2D eigenvalue weighted by atomic mass is 10.1. The van der Waals surface area contributed by atoms with Crippen LogP contribution in [0.5, 0.6) is 5.75 Å². The Bertz CT molecular complexity index is 998. The molecular weight excluding hydrogens is 407 g/mol. The number of aryl methyl sites for hydroxylation is 1. The standard InChI is InChI=1S/C22H27FN2O4S/c1-16(2)29-21-9-8-20(14-17(21)3)30(27,28)25-12-10-24(11-13-25)22(26)15-18-4-6-19(23)7-5-18/h4-9,14,16H,10-13,15H2,1-3H3. The third kappa shape index (κ3) is 5.17. The molecule has 2 aromatic carbocycles. The summed E-state index contributed by atoms with van der Waals surface area (Å²) < 4.78 is 46.1. The zero-order valence-electron chi connectivity index (χ0n) is 17.5. The Kier molecular flexibility index (Phi) is 6.77. The molecule has 0 aromatic heterocycles. The number of nitrogens with zero attached hydrogens (tertiary/aromatic N) is 2. The quantitative estimate of drug-likeness (QED) is 0.701. The Morgan fingerprint density at radius 1 is 1.07 bits per heavy atom. The van der Waals surface area contributed by atoms with Crippen molar-refractivity contribution in [3.63, 3.8) is 0 Å². The van der Waals surface area contributed by atoms with Gasteiger partial charge in [0.1, 0.15) is 11.6 Å². The van der Waals surface area contributed by atoms with E-state index in [0.29, 0.717) is 18.8 Å². The van der Waals surface area contributed by atoms with Gasteiger partial charge in [-0.05, 0) is 62.2 Å². The van der Waals surface area contributed by atoms with Gasteiger partial charge >= 0.3 is 0 Å². The number of amides is 1. The second-order valence-electron chi connectivity index (χ2n) is 7.68. The van der Waals surface area contributed by atoms with Crippen molar-refractivity contribution in [2.24, 2.45) is 0 Å². The molecule has 0 saturated carbocycles. The van der Waals surface area contributed by atoms with Gasteiger partial charge in [-0.1, -0.05) is 12.1 Å². The minimum atomic E-state index is -3.64. The van der Waals surface area contributed by atoms with E-state index in [1.807, 2.05) is 20.8 Å². The van der Waals surface area contributed by atoms with Crippen LogP contribution in [0.15, 0.2) is 47.4 Å². The molecule has 0 unspecified atom stereocenters. The molecule has 0 atom stereocenters. The van der Waals surface area contributed by atoms with Crippen LogP contribution in [0, 0.1) is 12.7 Å². The minimum Gasteiger partial charge on any atom is -0.491 e. The third-order valence-corrected chi connectivity index (χ3v) is 6.90. The number of carbonyl (C=O) groups excluding carboxylic acids is 1. The summed E-state index contributed by atoms with van der Waals surface area (Å²) in [4.78, 5) is 14.4. The summed E-state index contributed by atoms with van der Waals surface area (Å²) in [7, 11) is -3.64. The first-order valence-electron chi connectivity index (χ1n) is 9.96. The SMILES string of the molecule is Cc1cc(S(=O)(=O)N2CCN(C(=O)Cc3ccc(F)cc3)CC2)ccc1OC(C)C. The summed E-state index contributed by atoms with van der Waals surface area (Å²) in [5.74, 6) is 0.230. The Morgan fingerprint density at radius 3 is 2.27 bits per heavy atom. The molecule has 1 aliphatic rings. The molecule has 1 fully saturated rings. The fourth-order valence-electron chi connectivity index (χ4n) is 3.38.